The van der Waals surface area contributed by atoms with E-state index in [0.29, 0.717) is 11.8 Å². The number of rotatable bonds is 6. The molecule has 2 aliphatic heterocycles. The zero-order chi connectivity index (χ0) is 21.3. The molecule has 1 aromatic heterocycles. The normalized spacial score (nSPS) is 21.8. The van der Waals surface area contributed by atoms with Gasteiger partial charge in [-0.25, -0.2) is 9.37 Å². The summed E-state index contributed by atoms with van der Waals surface area (Å²) in [6.07, 6.45) is 7.17. The summed E-state index contributed by atoms with van der Waals surface area (Å²) >= 11 is 0. The second-order valence-electron chi connectivity index (χ2n) is 9.60. The van der Waals surface area contributed by atoms with Crippen molar-refractivity contribution < 1.29 is 9.18 Å². The third kappa shape index (κ3) is 4.29. The summed E-state index contributed by atoms with van der Waals surface area (Å²) in [7, 11) is 2.02. The molecule has 2 aliphatic rings. The Morgan fingerprint density at radius 3 is 2.67 bits per heavy atom. The molecule has 3 heterocycles. The van der Waals surface area contributed by atoms with Gasteiger partial charge in [-0.15, -0.1) is 0 Å². The van der Waals surface area contributed by atoms with E-state index in [-0.39, 0.29) is 17.3 Å². The molecule has 5 nitrogen and oxygen atoms in total. The van der Waals surface area contributed by atoms with E-state index in [1.807, 2.05) is 25.6 Å². The number of carbonyl (C=O) groups excluding carboxylic acids is 1. The highest BCUT2D eigenvalue weighted by Crippen LogP contribution is 2.45. The molecule has 1 amide bonds. The molecule has 1 unspecified atom stereocenters. The smallest absolute Gasteiger partial charge is 0.229 e. The number of nitrogens with zero attached hydrogens (tertiary/aromatic N) is 4. The molecule has 2 fully saturated rings. The molecular weight excluding hydrogens is 379 g/mol. The van der Waals surface area contributed by atoms with Crippen molar-refractivity contribution in [3.63, 3.8) is 0 Å². The summed E-state index contributed by atoms with van der Waals surface area (Å²) in [5.41, 5.74) is 1.93. The summed E-state index contributed by atoms with van der Waals surface area (Å²) in [4.78, 5) is 22.3. The molecule has 4 rings (SSSR count). The van der Waals surface area contributed by atoms with Crippen molar-refractivity contribution in [3.8, 4) is 0 Å². The Balaban J connectivity index is 1.47. The first-order valence-electron chi connectivity index (χ1n) is 11.1. The lowest BCUT2D eigenvalue weighted by atomic mass is 9.75. The maximum atomic E-state index is 13.7. The van der Waals surface area contributed by atoms with Gasteiger partial charge in [0.25, 0.3) is 0 Å². The third-order valence-electron chi connectivity index (χ3n) is 6.82. The van der Waals surface area contributed by atoms with Gasteiger partial charge in [-0.2, -0.15) is 0 Å². The second-order valence-corrected chi connectivity index (χ2v) is 9.60. The Morgan fingerprint density at radius 2 is 2.03 bits per heavy atom. The fraction of sp³-hybridized carbons (Fsp3) is 0.583. The van der Waals surface area contributed by atoms with Gasteiger partial charge in [0.1, 0.15) is 5.82 Å². The van der Waals surface area contributed by atoms with Gasteiger partial charge in [0.05, 0.1) is 17.4 Å². The molecule has 0 bridgehead atoms. The Kier molecular flexibility index (Phi) is 5.96. The number of hydrogen-bond acceptors (Lipinski definition) is 3. The number of carbonyl (C=O) groups is 1. The van der Waals surface area contributed by atoms with Crippen molar-refractivity contribution in [1.29, 1.82) is 0 Å². The average molecular weight is 413 g/mol. The van der Waals surface area contributed by atoms with Crippen molar-refractivity contribution in [2.75, 3.05) is 19.6 Å². The average Bonchev–Trinajstić information content (AvgIpc) is 3.20. The van der Waals surface area contributed by atoms with Gasteiger partial charge in [0, 0.05) is 32.4 Å². The number of aromatic nitrogens is 2. The SMILES string of the molecule is CC(C)CN1C(=O)C2(CCN(Cc3cncn3C)CC2)CC1Cc1cccc(F)c1. The molecule has 1 aromatic carbocycles. The zero-order valence-electron chi connectivity index (χ0n) is 18.4. The molecule has 2 saturated heterocycles. The van der Waals surface area contributed by atoms with Crippen LogP contribution in [0.1, 0.15) is 44.4 Å². The van der Waals surface area contributed by atoms with E-state index >= 15 is 0 Å². The minimum Gasteiger partial charge on any atom is -0.339 e. The second kappa shape index (κ2) is 8.50. The first-order chi connectivity index (χ1) is 14.4. The number of likely N-dealkylation sites (tertiary alicyclic amines) is 2. The number of amides is 1. The van der Waals surface area contributed by atoms with E-state index in [1.165, 1.54) is 11.8 Å². The van der Waals surface area contributed by atoms with Crippen molar-refractivity contribution in [2.45, 2.75) is 52.1 Å². The quantitative estimate of drug-likeness (QED) is 0.727. The van der Waals surface area contributed by atoms with Crippen LogP contribution in [0.15, 0.2) is 36.8 Å². The minimum atomic E-state index is -0.254. The molecule has 1 atom stereocenters. The maximum absolute atomic E-state index is 13.7. The number of hydrogen-bond donors (Lipinski definition) is 0. The van der Waals surface area contributed by atoms with E-state index < -0.39 is 0 Å². The first-order valence-corrected chi connectivity index (χ1v) is 11.1. The maximum Gasteiger partial charge on any atom is 0.229 e. The van der Waals surface area contributed by atoms with Gasteiger partial charge >= 0.3 is 0 Å². The highest BCUT2D eigenvalue weighted by Gasteiger charge is 2.52. The van der Waals surface area contributed by atoms with Crippen molar-refractivity contribution in [2.24, 2.45) is 18.4 Å². The standard InChI is InChI=1S/C24H33FN4O/c1-18(2)15-29-21(12-19-5-4-6-20(25)11-19)13-24(23(29)30)7-9-28(10-8-24)16-22-14-26-17-27(22)3/h4-6,11,14,17-18,21H,7-10,12-13,15-16H2,1-3H3. The Bertz CT molecular complexity index is 885. The molecule has 2 aromatic rings. The van der Waals surface area contributed by atoms with Crippen LogP contribution in [0.5, 0.6) is 0 Å². The summed E-state index contributed by atoms with van der Waals surface area (Å²) in [6, 6.07) is 6.99. The predicted octanol–water partition coefficient (Wildman–Crippen LogP) is 3.64. The van der Waals surface area contributed by atoms with Crippen LogP contribution in [0.3, 0.4) is 0 Å². The predicted molar refractivity (Wildman–Crippen MR) is 115 cm³/mol. The fourth-order valence-electron chi connectivity index (χ4n) is 5.19. The van der Waals surface area contributed by atoms with E-state index in [4.69, 9.17) is 0 Å². The zero-order valence-corrected chi connectivity index (χ0v) is 18.4. The highest BCUT2D eigenvalue weighted by atomic mass is 19.1. The minimum absolute atomic E-state index is 0.158. The molecule has 0 radical (unpaired) electrons. The van der Waals surface area contributed by atoms with Gasteiger partial charge in [-0.1, -0.05) is 26.0 Å². The molecule has 6 heteroatoms. The monoisotopic (exact) mass is 412 g/mol. The Labute approximate surface area is 178 Å². The van der Waals surface area contributed by atoms with Crippen LogP contribution < -0.4 is 0 Å². The van der Waals surface area contributed by atoms with E-state index in [2.05, 4.69) is 33.2 Å². The largest absolute Gasteiger partial charge is 0.339 e. The molecule has 0 aliphatic carbocycles. The van der Waals surface area contributed by atoms with Crippen LogP contribution in [0.25, 0.3) is 0 Å². The van der Waals surface area contributed by atoms with E-state index in [9.17, 15) is 9.18 Å². The number of benzene rings is 1. The summed E-state index contributed by atoms with van der Waals surface area (Å²) in [5, 5.41) is 0. The van der Waals surface area contributed by atoms with Crippen LogP contribution in [0, 0.1) is 17.2 Å². The van der Waals surface area contributed by atoms with Gasteiger partial charge in [-0.05, 0) is 62.4 Å². The van der Waals surface area contributed by atoms with Crippen LogP contribution in [0.2, 0.25) is 0 Å². The van der Waals surface area contributed by atoms with E-state index in [0.717, 1.165) is 57.4 Å². The molecule has 1 spiro atoms. The van der Waals surface area contributed by atoms with Gasteiger partial charge in [-0.3, -0.25) is 9.69 Å². The highest BCUT2D eigenvalue weighted by molar-refractivity contribution is 5.85. The Hall–Kier alpha value is -2.21. The Morgan fingerprint density at radius 1 is 1.27 bits per heavy atom. The van der Waals surface area contributed by atoms with Crippen LogP contribution in [0.4, 0.5) is 4.39 Å². The summed E-state index contributed by atoms with van der Waals surface area (Å²) in [6.45, 7) is 7.84. The third-order valence-corrected chi connectivity index (χ3v) is 6.82. The van der Waals surface area contributed by atoms with Crippen molar-refractivity contribution in [3.05, 3.63) is 53.9 Å². The molecule has 0 N–H and O–H groups in total. The lowest BCUT2D eigenvalue weighted by molar-refractivity contribution is -0.139. The molecule has 162 valence electrons. The van der Waals surface area contributed by atoms with Crippen LogP contribution >= 0.6 is 0 Å². The molecule has 30 heavy (non-hydrogen) atoms. The van der Waals surface area contributed by atoms with Crippen molar-refractivity contribution in [1.82, 2.24) is 19.4 Å². The molecule has 0 saturated carbocycles. The lowest BCUT2D eigenvalue weighted by Crippen LogP contribution is -2.45. The molecular formula is C24H33FN4O. The number of halogens is 1. The van der Waals surface area contributed by atoms with Crippen LogP contribution in [-0.4, -0.2) is 50.9 Å². The summed E-state index contributed by atoms with van der Waals surface area (Å²) in [5.74, 6) is 0.534. The number of imidazole rings is 1. The van der Waals surface area contributed by atoms with Gasteiger partial charge in [0.15, 0.2) is 0 Å². The number of piperidine rings is 1. The van der Waals surface area contributed by atoms with Crippen LogP contribution in [-0.2, 0) is 24.8 Å². The van der Waals surface area contributed by atoms with Crippen molar-refractivity contribution >= 4 is 5.91 Å². The fourth-order valence-corrected chi connectivity index (χ4v) is 5.19. The van der Waals surface area contributed by atoms with E-state index in [1.54, 1.807) is 12.1 Å². The van der Waals surface area contributed by atoms with Gasteiger partial charge < -0.3 is 9.47 Å². The first kappa shape index (κ1) is 21.0. The number of aryl methyl sites for hydroxylation is 1. The topological polar surface area (TPSA) is 41.4 Å². The lowest BCUT2D eigenvalue weighted by Gasteiger charge is -2.38. The van der Waals surface area contributed by atoms with Gasteiger partial charge in [0.2, 0.25) is 5.91 Å². The summed E-state index contributed by atoms with van der Waals surface area (Å²) < 4.78 is 15.8.